The number of rotatable bonds is 5. The van der Waals surface area contributed by atoms with Crippen LogP contribution >= 0.6 is 11.3 Å². The van der Waals surface area contributed by atoms with Gasteiger partial charge in [-0.15, -0.1) is 10.2 Å². The summed E-state index contributed by atoms with van der Waals surface area (Å²) in [6.45, 7) is 2.37. The van der Waals surface area contributed by atoms with E-state index in [1.54, 1.807) is 11.3 Å². The highest BCUT2D eigenvalue weighted by molar-refractivity contribution is 7.15. The molecule has 6 heteroatoms. The molecule has 0 saturated heterocycles. The van der Waals surface area contributed by atoms with Gasteiger partial charge in [0.25, 0.3) is 0 Å². The summed E-state index contributed by atoms with van der Waals surface area (Å²) in [6, 6.07) is 0. The minimum absolute atomic E-state index is 0.174. The van der Waals surface area contributed by atoms with Crippen LogP contribution < -0.4 is 5.32 Å². The van der Waals surface area contributed by atoms with Crippen molar-refractivity contribution in [2.24, 2.45) is 5.92 Å². The van der Waals surface area contributed by atoms with Gasteiger partial charge in [0.2, 0.25) is 5.13 Å². The zero-order chi connectivity index (χ0) is 13.7. The van der Waals surface area contributed by atoms with E-state index in [1.807, 2.05) is 6.92 Å². The monoisotopic (exact) mass is 283 g/mol. The first-order valence-electron chi connectivity index (χ1n) is 6.85. The molecule has 1 saturated carbocycles. The Morgan fingerprint density at radius 3 is 2.84 bits per heavy atom. The Morgan fingerprint density at radius 1 is 1.42 bits per heavy atom. The van der Waals surface area contributed by atoms with E-state index in [2.05, 4.69) is 20.3 Å². The molecular formula is C13H21N3O2S. The molecule has 1 fully saturated rings. The number of methoxy groups -OCH3 is 1. The summed E-state index contributed by atoms with van der Waals surface area (Å²) in [7, 11) is 1.41. The molecule has 1 aliphatic carbocycles. The minimum Gasteiger partial charge on any atom is -0.469 e. The molecular weight excluding hydrogens is 262 g/mol. The summed E-state index contributed by atoms with van der Waals surface area (Å²) in [5.74, 6) is 0.205. The maximum absolute atomic E-state index is 11.3. The lowest BCUT2D eigenvalue weighted by molar-refractivity contribution is -0.144. The van der Waals surface area contributed by atoms with E-state index in [0.717, 1.165) is 10.1 Å². The fraction of sp³-hybridized carbons (Fsp3) is 0.769. The summed E-state index contributed by atoms with van der Waals surface area (Å²) in [5, 5.41) is 13.5. The van der Waals surface area contributed by atoms with Crippen molar-refractivity contribution in [3.63, 3.8) is 0 Å². The van der Waals surface area contributed by atoms with Crippen molar-refractivity contribution in [3.8, 4) is 0 Å². The fourth-order valence-corrected chi connectivity index (χ4v) is 3.26. The second-order valence-electron chi connectivity index (χ2n) is 5.09. The minimum atomic E-state index is -0.204. The number of carbonyl (C=O) groups is 1. The van der Waals surface area contributed by atoms with E-state index < -0.39 is 0 Å². The SMILES string of the molecule is COC(=O)C(C)CNc1nnc(C2CCCCC2)s1. The third-order valence-corrected chi connectivity index (χ3v) is 4.60. The van der Waals surface area contributed by atoms with Gasteiger partial charge in [0.15, 0.2) is 0 Å². The van der Waals surface area contributed by atoms with Crippen LogP contribution in [-0.2, 0) is 9.53 Å². The standard InChI is InChI=1S/C13H21N3O2S/c1-9(12(17)18-2)8-14-13-16-15-11(19-13)10-6-4-3-5-7-10/h9-10H,3-8H2,1-2H3,(H,14,16). The average Bonchev–Trinajstić information content (AvgIpc) is 2.93. The van der Waals surface area contributed by atoms with Gasteiger partial charge in [0, 0.05) is 12.5 Å². The van der Waals surface area contributed by atoms with Crippen LogP contribution in [0.3, 0.4) is 0 Å². The Hall–Kier alpha value is -1.17. The lowest BCUT2D eigenvalue weighted by Crippen LogP contribution is -2.21. The Balaban J connectivity index is 1.85. The number of nitrogens with one attached hydrogen (secondary N) is 1. The van der Waals surface area contributed by atoms with Crippen LogP contribution in [0.2, 0.25) is 0 Å². The van der Waals surface area contributed by atoms with Gasteiger partial charge < -0.3 is 10.1 Å². The number of hydrogen-bond acceptors (Lipinski definition) is 6. The van der Waals surface area contributed by atoms with Crippen molar-refractivity contribution in [1.82, 2.24) is 10.2 Å². The number of ether oxygens (including phenoxy) is 1. The quantitative estimate of drug-likeness (QED) is 0.842. The molecule has 1 atom stereocenters. The maximum Gasteiger partial charge on any atom is 0.310 e. The molecule has 1 heterocycles. The zero-order valence-corrected chi connectivity index (χ0v) is 12.3. The maximum atomic E-state index is 11.3. The largest absolute Gasteiger partial charge is 0.469 e. The van der Waals surface area contributed by atoms with Crippen molar-refractivity contribution in [2.75, 3.05) is 19.0 Å². The van der Waals surface area contributed by atoms with Crippen LogP contribution in [-0.4, -0.2) is 29.8 Å². The summed E-state index contributed by atoms with van der Waals surface area (Å²) in [4.78, 5) is 11.3. The second kappa shape index (κ2) is 6.84. The first kappa shape index (κ1) is 14.2. The molecule has 0 spiro atoms. The van der Waals surface area contributed by atoms with Crippen LogP contribution in [0.1, 0.15) is 50.0 Å². The lowest BCUT2D eigenvalue weighted by atomic mass is 9.90. The smallest absolute Gasteiger partial charge is 0.310 e. The molecule has 0 bridgehead atoms. The number of hydrogen-bond donors (Lipinski definition) is 1. The molecule has 1 aromatic rings. The molecule has 19 heavy (non-hydrogen) atoms. The van der Waals surface area contributed by atoms with Crippen LogP contribution in [0, 0.1) is 5.92 Å². The number of carbonyl (C=O) groups excluding carboxylic acids is 1. The predicted molar refractivity (Wildman–Crippen MR) is 75.4 cm³/mol. The van der Waals surface area contributed by atoms with Crippen molar-refractivity contribution in [3.05, 3.63) is 5.01 Å². The van der Waals surface area contributed by atoms with Gasteiger partial charge in [0.05, 0.1) is 13.0 Å². The predicted octanol–water partition coefficient (Wildman–Crippen LogP) is 2.81. The Bertz CT molecular complexity index is 416. The van der Waals surface area contributed by atoms with E-state index in [9.17, 15) is 4.79 Å². The first-order valence-corrected chi connectivity index (χ1v) is 7.67. The van der Waals surface area contributed by atoms with E-state index in [0.29, 0.717) is 12.5 Å². The van der Waals surface area contributed by atoms with Gasteiger partial charge in [-0.2, -0.15) is 0 Å². The second-order valence-corrected chi connectivity index (χ2v) is 6.09. The van der Waals surface area contributed by atoms with Crippen LogP contribution in [0.4, 0.5) is 5.13 Å². The molecule has 0 aromatic carbocycles. The van der Waals surface area contributed by atoms with Crippen LogP contribution in [0.15, 0.2) is 0 Å². The highest BCUT2D eigenvalue weighted by Crippen LogP contribution is 2.35. The van der Waals surface area contributed by atoms with Gasteiger partial charge in [-0.1, -0.05) is 37.5 Å². The topological polar surface area (TPSA) is 64.1 Å². The average molecular weight is 283 g/mol. The molecule has 1 aliphatic rings. The molecule has 106 valence electrons. The van der Waals surface area contributed by atoms with Crippen molar-refractivity contribution in [1.29, 1.82) is 0 Å². The number of anilines is 1. The van der Waals surface area contributed by atoms with E-state index in [4.69, 9.17) is 0 Å². The van der Waals surface area contributed by atoms with Crippen LogP contribution in [0.5, 0.6) is 0 Å². The van der Waals surface area contributed by atoms with E-state index in [-0.39, 0.29) is 11.9 Å². The summed E-state index contributed by atoms with van der Waals surface area (Å²) in [6.07, 6.45) is 6.40. The summed E-state index contributed by atoms with van der Waals surface area (Å²) in [5.41, 5.74) is 0. The number of nitrogens with zero attached hydrogens (tertiary/aromatic N) is 2. The van der Waals surface area contributed by atoms with Gasteiger partial charge in [-0.3, -0.25) is 4.79 Å². The van der Waals surface area contributed by atoms with Gasteiger partial charge in [0.1, 0.15) is 5.01 Å². The molecule has 0 aliphatic heterocycles. The van der Waals surface area contributed by atoms with Gasteiger partial charge >= 0.3 is 5.97 Å². The number of aromatic nitrogens is 2. The first-order chi connectivity index (χ1) is 9.20. The highest BCUT2D eigenvalue weighted by atomic mass is 32.1. The number of esters is 1. The Labute approximate surface area is 117 Å². The van der Waals surface area contributed by atoms with E-state index >= 15 is 0 Å². The summed E-state index contributed by atoms with van der Waals surface area (Å²) < 4.78 is 4.69. The van der Waals surface area contributed by atoms with E-state index in [1.165, 1.54) is 39.2 Å². The van der Waals surface area contributed by atoms with Gasteiger partial charge in [-0.05, 0) is 12.8 Å². The van der Waals surface area contributed by atoms with Crippen molar-refractivity contribution >= 4 is 22.4 Å². The zero-order valence-electron chi connectivity index (χ0n) is 11.5. The van der Waals surface area contributed by atoms with Crippen LogP contribution in [0.25, 0.3) is 0 Å². The molecule has 5 nitrogen and oxygen atoms in total. The molecule has 1 N–H and O–H groups in total. The normalized spacial score (nSPS) is 18.0. The molecule has 1 unspecified atom stereocenters. The molecule has 0 radical (unpaired) electrons. The third-order valence-electron chi connectivity index (χ3n) is 3.56. The highest BCUT2D eigenvalue weighted by Gasteiger charge is 2.20. The fourth-order valence-electron chi connectivity index (χ4n) is 2.35. The lowest BCUT2D eigenvalue weighted by Gasteiger charge is -2.18. The molecule has 1 aromatic heterocycles. The third kappa shape index (κ3) is 3.89. The Morgan fingerprint density at radius 2 is 2.16 bits per heavy atom. The molecule has 0 amide bonds. The van der Waals surface area contributed by atoms with Crippen molar-refractivity contribution < 1.29 is 9.53 Å². The van der Waals surface area contributed by atoms with Crippen molar-refractivity contribution in [2.45, 2.75) is 44.9 Å². The summed E-state index contributed by atoms with van der Waals surface area (Å²) >= 11 is 1.62. The molecule has 2 rings (SSSR count). The Kier molecular flexibility index (Phi) is 5.13. The van der Waals surface area contributed by atoms with Gasteiger partial charge in [-0.25, -0.2) is 0 Å².